The van der Waals surface area contributed by atoms with Crippen LogP contribution in [0.4, 0.5) is 0 Å². The van der Waals surface area contributed by atoms with Crippen LogP contribution in [0.25, 0.3) is 0 Å². The molecule has 0 saturated carbocycles. The Morgan fingerprint density at radius 1 is 1.00 bits per heavy atom. The zero-order chi connectivity index (χ0) is 14.5. The van der Waals surface area contributed by atoms with Crippen molar-refractivity contribution in [2.75, 3.05) is 14.2 Å². The van der Waals surface area contributed by atoms with Gasteiger partial charge in [0.1, 0.15) is 11.5 Å². The summed E-state index contributed by atoms with van der Waals surface area (Å²) in [5.74, 6) is 2.19. The smallest absolute Gasteiger partial charge is 0.179 e. The number of rotatable bonds is 5. The van der Waals surface area contributed by atoms with Crippen LogP contribution in [0, 0.1) is 0 Å². The van der Waals surface area contributed by atoms with Crippen LogP contribution in [0.3, 0.4) is 0 Å². The van der Waals surface area contributed by atoms with Crippen molar-refractivity contribution in [3.8, 4) is 23.0 Å². The van der Waals surface area contributed by atoms with Gasteiger partial charge in [-0.25, -0.2) is 0 Å². The van der Waals surface area contributed by atoms with Crippen molar-refractivity contribution >= 4 is 22.2 Å². The molecule has 0 heterocycles. The molecule has 2 rings (SSSR count). The highest BCUT2D eigenvalue weighted by atomic mass is 79.9. The van der Waals surface area contributed by atoms with E-state index in [0.29, 0.717) is 22.8 Å². The van der Waals surface area contributed by atoms with E-state index in [-0.39, 0.29) is 0 Å². The van der Waals surface area contributed by atoms with Crippen LogP contribution in [0.1, 0.15) is 10.4 Å². The van der Waals surface area contributed by atoms with E-state index < -0.39 is 0 Å². The molecule has 20 heavy (non-hydrogen) atoms. The molecule has 4 nitrogen and oxygen atoms in total. The molecular weight excluding hydrogens is 324 g/mol. The number of hydrogen-bond donors (Lipinski definition) is 0. The molecule has 0 N–H and O–H groups in total. The van der Waals surface area contributed by atoms with E-state index in [1.807, 2.05) is 0 Å². The van der Waals surface area contributed by atoms with Crippen LogP contribution in [0.15, 0.2) is 40.9 Å². The summed E-state index contributed by atoms with van der Waals surface area (Å²) in [4.78, 5) is 11.2. The van der Waals surface area contributed by atoms with Gasteiger partial charge in [0.2, 0.25) is 0 Å². The highest BCUT2D eigenvalue weighted by Gasteiger charge is 2.13. The fraction of sp³-hybridized carbons (Fsp3) is 0.133. The van der Waals surface area contributed by atoms with Crippen LogP contribution < -0.4 is 14.2 Å². The van der Waals surface area contributed by atoms with Crippen LogP contribution in [-0.2, 0) is 0 Å². The third kappa shape index (κ3) is 3.11. The van der Waals surface area contributed by atoms with Gasteiger partial charge < -0.3 is 14.2 Å². The zero-order valence-electron chi connectivity index (χ0n) is 11.1. The molecule has 0 saturated heterocycles. The first-order valence-electron chi connectivity index (χ1n) is 5.82. The summed E-state index contributed by atoms with van der Waals surface area (Å²) < 4.78 is 16.8. The number of benzene rings is 2. The molecule has 2 aromatic carbocycles. The van der Waals surface area contributed by atoms with Crippen LogP contribution in [0.2, 0.25) is 0 Å². The molecule has 0 aliphatic carbocycles. The second-order valence-corrected chi connectivity index (χ2v) is 4.84. The summed E-state index contributed by atoms with van der Waals surface area (Å²) >= 11 is 3.32. The lowest BCUT2D eigenvalue weighted by Crippen LogP contribution is -1.95. The van der Waals surface area contributed by atoms with Crippen molar-refractivity contribution in [3.05, 3.63) is 46.4 Å². The maximum Gasteiger partial charge on any atom is 0.179 e. The molecule has 0 aliphatic heterocycles. The SMILES string of the molecule is COc1ccc(Oc2c(C=O)cc(Br)cc2OC)cc1. The Labute approximate surface area is 125 Å². The van der Waals surface area contributed by atoms with E-state index in [4.69, 9.17) is 14.2 Å². The standard InChI is InChI=1S/C15H13BrO4/c1-18-12-3-5-13(6-4-12)20-15-10(9-17)7-11(16)8-14(15)19-2/h3-9H,1-2H3. The molecular formula is C15H13BrO4. The second kappa shape index (κ2) is 6.43. The summed E-state index contributed by atoms with van der Waals surface area (Å²) in [5, 5.41) is 0. The van der Waals surface area contributed by atoms with Gasteiger partial charge in [-0.3, -0.25) is 4.79 Å². The van der Waals surface area contributed by atoms with Crippen LogP contribution >= 0.6 is 15.9 Å². The molecule has 2 aromatic rings. The van der Waals surface area contributed by atoms with E-state index in [2.05, 4.69) is 15.9 Å². The molecule has 104 valence electrons. The van der Waals surface area contributed by atoms with Gasteiger partial charge >= 0.3 is 0 Å². The molecule has 0 fully saturated rings. The Bertz CT molecular complexity index is 608. The summed E-state index contributed by atoms with van der Waals surface area (Å²) in [5.41, 5.74) is 0.409. The van der Waals surface area contributed by atoms with Crippen LogP contribution in [0.5, 0.6) is 23.0 Å². The predicted molar refractivity (Wildman–Crippen MR) is 79.1 cm³/mol. The van der Waals surface area contributed by atoms with Crippen LogP contribution in [-0.4, -0.2) is 20.5 Å². The number of methoxy groups -OCH3 is 2. The number of ether oxygens (including phenoxy) is 3. The van der Waals surface area contributed by atoms with Gasteiger partial charge in [0.15, 0.2) is 17.8 Å². The maximum absolute atomic E-state index is 11.2. The monoisotopic (exact) mass is 336 g/mol. The lowest BCUT2D eigenvalue weighted by atomic mass is 10.2. The number of carbonyl (C=O) groups excluding carboxylic acids is 1. The lowest BCUT2D eigenvalue weighted by Gasteiger charge is -2.13. The van der Waals surface area contributed by atoms with Crippen molar-refractivity contribution in [2.45, 2.75) is 0 Å². The van der Waals surface area contributed by atoms with Gasteiger partial charge in [-0.15, -0.1) is 0 Å². The summed E-state index contributed by atoms with van der Waals surface area (Å²) in [6.07, 6.45) is 0.728. The molecule has 0 bridgehead atoms. The van der Waals surface area contributed by atoms with Gasteiger partial charge in [-0.05, 0) is 36.4 Å². The van der Waals surface area contributed by atoms with Crippen molar-refractivity contribution in [1.29, 1.82) is 0 Å². The van der Waals surface area contributed by atoms with Gasteiger partial charge in [-0.2, -0.15) is 0 Å². The minimum atomic E-state index is 0.385. The highest BCUT2D eigenvalue weighted by Crippen LogP contribution is 2.37. The lowest BCUT2D eigenvalue weighted by molar-refractivity contribution is 0.112. The number of halogens is 1. The highest BCUT2D eigenvalue weighted by molar-refractivity contribution is 9.10. The third-order valence-electron chi connectivity index (χ3n) is 2.67. The number of aldehydes is 1. The first kappa shape index (κ1) is 14.4. The van der Waals surface area contributed by atoms with Gasteiger partial charge in [-0.1, -0.05) is 15.9 Å². The fourth-order valence-electron chi connectivity index (χ4n) is 1.70. The molecule has 0 atom stereocenters. The van der Waals surface area contributed by atoms with Gasteiger partial charge in [0, 0.05) is 4.47 Å². The van der Waals surface area contributed by atoms with Crippen molar-refractivity contribution in [2.24, 2.45) is 0 Å². The summed E-state index contributed by atoms with van der Waals surface area (Å²) in [6.45, 7) is 0. The average molecular weight is 337 g/mol. The third-order valence-corrected chi connectivity index (χ3v) is 3.13. The van der Waals surface area contributed by atoms with Crippen molar-refractivity contribution < 1.29 is 19.0 Å². The average Bonchev–Trinajstić information content (AvgIpc) is 2.49. The number of hydrogen-bond acceptors (Lipinski definition) is 4. The van der Waals surface area contributed by atoms with E-state index in [1.54, 1.807) is 43.5 Å². The maximum atomic E-state index is 11.2. The minimum Gasteiger partial charge on any atom is -0.497 e. The molecule has 5 heteroatoms. The van der Waals surface area contributed by atoms with E-state index in [9.17, 15) is 4.79 Å². The van der Waals surface area contributed by atoms with Gasteiger partial charge in [0.25, 0.3) is 0 Å². The topological polar surface area (TPSA) is 44.8 Å². The first-order valence-corrected chi connectivity index (χ1v) is 6.62. The largest absolute Gasteiger partial charge is 0.497 e. The normalized spacial score (nSPS) is 9.95. The molecule has 0 radical (unpaired) electrons. The molecule has 0 aliphatic rings. The Hall–Kier alpha value is -2.01. The Morgan fingerprint density at radius 2 is 1.65 bits per heavy atom. The zero-order valence-corrected chi connectivity index (χ0v) is 12.6. The van der Waals surface area contributed by atoms with E-state index >= 15 is 0 Å². The summed E-state index contributed by atoms with van der Waals surface area (Å²) in [7, 11) is 3.12. The molecule has 0 aromatic heterocycles. The predicted octanol–water partition coefficient (Wildman–Crippen LogP) is 4.07. The Balaban J connectivity index is 2.38. The van der Waals surface area contributed by atoms with Gasteiger partial charge in [0.05, 0.1) is 19.8 Å². The number of carbonyl (C=O) groups is 1. The van der Waals surface area contributed by atoms with Crippen molar-refractivity contribution in [1.82, 2.24) is 0 Å². The Morgan fingerprint density at radius 3 is 2.20 bits per heavy atom. The second-order valence-electron chi connectivity index (χ2n) is 3.92. The molecule has 0 amide bonds. The molecule has 0 unspecified atom stereocenters. The van der Waals surface area contributed by atoms with Crippen molar-refractivity contribution in [3.63, 3.8) is 0 Å². The quantitative estimate of drug-likeness (QED) is 0.772. The summed E-state index contributed by atoms with van der Waals surface area (Å²) in [6, 6.07) is 10.5. The molecule has 0 spiro atoms. The minimum absolute atomic E-state index is 0.385. The van der Waals surface area contributed by atoms with E-state index in [1.165, 1.54) is 7.11 Å². The van der Waals surface area contributed by atoms with E-state index in [0.717, 1.165) is 16.5 Å². The first-order chi connectivity index (χ1) is 9.67. The fourth-order valence-corrected chi connectivity index (χ4v) is 2.15. The Kier molecular flexibility index (Phi) is 4.63.